The number of primary amides is 1. The number of fused-ring (bicyclic) bond motifs is 1. The van der Waals surface area contributed by atoms with E-state index >= 15 is 0 Å². The molecule has 0 saturated heterocycles. The van der Waals surface area contributed by atoms with Crippen LogP contribution >= 0.6 is 11.8 Å². The smallest absolute Gasteiger partial charge is 0.256 e. The van der Waals surface area contributed by atoms with Crippen LogP contribution in [0.3, 0.4) is 0 Å². The Bertz CT molecular complexity index is 601. The SMILES string of the molecule is CC(C)N1C=C(C(N)=O)SC1c1ccc2c(c1)OCCO2. The molecule has 112 valence electrons. The molecule has 1 aromatic rings. The lowest BCUT2D eigenvalue weighted by Gasteiger charge is -2.29. The minimum atomic E-state index is -0.384. The summed E-state index contributed by atoms with van der Waals surface area (Å²) in [6.45, 7) is 5.32. The number of benzene rings is 1. The van der Waals surface area contributed by atoms with E-state index in [1.807, 2.05) is 24.4 Å². The first kappa shape index (κ1) is 14.1. The van der Waals surface area contributed by atoms with Crippen molar-refractivity contribution in [1.29, 1.82) is 0 Å². The third-order valence-electron chi connectivity index (χ3n) is 3.47. The van der Waals surface area contributed by atoms with Crippen LogP contribution < -0.4 is 15.2 Å². The monoisotopic (exact) mass is 306 g/mol. The van der Waals surface area contributed by atoms with E-state index in [-0.39, 0.29) is 17.3 Å². The Balaban J connectivity index is 1.91. The van der Waals surface area contributed by atoms with Gasteiger partial charge in [-0.3, -0.25) is 4.79 Å². The van der Waals surface area contributed by atoms with Gasteiger partial charge in [-0.25, -0.2) is 0 Å². The number of carbonyl (C=O) groups excluding carboxylic acids is 1. The lowest BCUT2D eigenvalue weighted by atomic mass is 10.1. The van der Waals surface area contributed by atoms with E-state index in [2.05, 4.69) is 18.7 Å². The van der Waals surface area contributed by atoms with Crippen molar-refractivity contribution in [3.63, 3.8) is 0 Å². The van der Waals surface area contributed by atoms with Crippen molar-refractivity contribution in [2.45, 2.75) is 25.3 Å². The average Bonchev–Trinajstić information content (AvgIpc) is 2.92. The number of amides is 1. The van der Waals surface area contributed by atoms with Crippen LogP contribution in [0.2, 0.25) is 0 Å². The fraction of sp³-hybridized carbons (Fsp3) is 0.400. The number of hydrogen-bond acceptors (Lipinski definition) is 5. The van der Waals surface area contributed by atoms with Gasteiger partial charge in [0.2, 0.25) is 0 Å². The zero-order valence-corrected chi connectivity index (χ0v) is 12.9. The summed E-state index contributed by atoms with van der Waals surface area (Å²) in [7, 11) is 0. The average molecular weight is 306 g/mol. The molecule has 5 nitrogen and oxygen atoms in total. The molecule has 0 aromatic heterocycles. The van der Waals surface area contributed by atoms with Crippen molar-refractivity contribution < 1.29 is 14.3 Å². The highest BCUT2D eigenvalue weighted by Crippen LogP contribution is 2.46. The molecule has 0 aliphatic carbocycles. The Hall–Kier alpha value is -1.82. The number of hydrogen-bond donors (Lipinski definition) is 1. The Labute approximate surface area is 128 Å². The molecule has 0 radical (unpaired) electrons. The first-order valence-electron chi connectivity index (χ1n) is 6.91. The van der Waals surface area contributed by atoms with Gasteiger partial charge in [0.05, 0.1) is 4.91 Å². The van der Waals surface area contributed by atoms with Crippen LogP contribution in [0.1, 0.15) is 24.8 Å². The molecule has 2 aliphatic heterocycles. The summed E-state index contributed by atoms with van der Waals surface area (Å²) in [5, 5.41) is 0.0309. The summed E-state index contributed by atoms with van der Waals surface area (Å²) >= 11 is 1.48. The van der Waals surface area contributed by atoms with Crippen molar-refractivity contribution in [2.75, 3.05) is 13.2 Å². The summed E-state index contributed by atoms with van der Waals surface area (Å²) in [6.07, 6.45) is 1.85. The van der Waals surface area contributed by atoms with Gasteiger partial charge in [0, 0.05) is 12.2 Å². The highest BCUT2D eigenvalue weighted by Gasteiger charge is 2.31. The van der Waals surface area contributed by atoms with Crippen molar-refractivity contribution in [3.05, 3.63) is 34.9 Å². The third kappa shape index (κ3) is 2.68. The topological polar surface area (TPSA) is 64.8 Å². The van der Waals surface area contributed by atoms with Gasteiger partial charge in [-0.15, -0.1) is 0 Å². The molecular weight excluding hydrogens is 288 g/mol. The predicted molar refractivity (Wildman–Crippen MR) is 82.0 cm³/mol. The van der Waals surface area contributed by atoms with Gasteiger partial charge >= 0.3 is 0 Å². The fourth-order valence-electron chi connectivity index (χ4n) is 2.41. The summed E-state index contributed by atoms with van der Waals surface area (Å²) in [5.74, 6) is 1.15. The molecule has 0 fully saturated rings. The standard InChI is InChI=1S/C15H18N2O3S/c1-9(2)17-8-13(14(16)18)21-15(17)10-3-4-11-12(7-10)20-6-5-19-11/h3-4,7-9,15H,5-6H2,1-2H3,(H2,16,18). The van der Waals surface area contributed by atoms with Crippen LogP contribution in [-0.4, -0.2) is 30.1 Å². The molecule has 2 heterocycles. The van der Waals surface area contributed by atoms with E-state index < -0.39 is 0 Å². The van der Waals surface area contributed by atoms with Crippen LogP contribution in [-0.2, 0) is 4.79 Å². The summed E-state index contributed by atoms with van der Waals surface area (Å²) < 4.78 is 11.2. The highest BCUT2D eigenvalue weighted by atomic mass is 32.2. The maximum absolute atomic E-state index is 11.4. The van der Waals surface area contributed by atoms with E-state index in [4.69, 9.17) is 15.2 Å². The first-order valence-corrected chi connectivity index (χ1v) is 7.79. The molecular formula is C15H18N2O3S. The normalized spacial score (nSPS) is 20.6. The summed E-state index contributed by atoms with van der Waals surface area (Å²) in [5.41, 5.74) is 6.49. The Morgan fingerprint density at radius 2 is 2.05 bits per heavy atom. The lowest BCUT2D eigenvalue weighted by Crippen LogP contribution is -2.26. The number of carbonyl (C=O) groups is 1. The number of nitrogens with two attached hydrogens (primary N) is 1. The van der Waals surface area contributed by atoms with E-state index in [9.17, 15) is 4.79 Å². The molecule has 1 aromatic carbocycles. The van der Waals surface area contributed by atoms with E-state index in [0.717, 1.165) is 17.1 Å². The van der Waals surface area contributed by atoms with E-state index in [0.29, 0.717) is 18.1 Å². The van der Waals surface area contributed by atoms with Gasteiger partial charge in [0.1, 0.15) is 18.6 Å². The van der Waals surface area contributed by atoms with Gasteiger partial charge < -0.3 is 20.1 Å². The predicted octanol–water partition coefficient (Wildman–Crippen LogP) is 2.24. The number of thioether (sulfide) groups is 1. The van der Waals surface area contributed by atoms with Gasteiger partial charge in [-0.1, -0.05) is 17.8 Å². The Kier molecular flexibility index (Phi) is 3.71. The van der Waals surface area contributed by atoms with E-state index in [1.54, 1.807) is 0 Å². The zero-order chi connectivity index (χ0) is 15.0. The zero-order valence-electron chi connectivity index (χ0n) is 12.0. The second kappa shape index (κ2) is 5.52. The van der Waals surface area contributed by atoms with Crippen molar-refractivity contribution in [1.82, 2.24) is 4.90 Å². The fourth-order valence-corrected chi connectivity index (χ4v) is 3.66. The van der Waals surface area contributed by atoms with Crippen LogP contribution in [0.15, 0.2) is 29.3 Å². The van der Waals surface area contributed by atoms with Gasteiger partial charge in [0.15, 0.2) is 11.5 Å². The number of ether oxygens (including phenoxy) is 2. The molecule has 0 bridgehead atoms. The van der Waals surface area contributed by atoms with Crippen LogP contribution in [0.4, 0.5) is 0 Å². The molecule has 6 heteroatoms. The van der Waals surface area contributed by atoms with Gasteiger partial charge in [-0.05, 0) is 31.5 Å². The molecule has 0 saturated carbocycles. The summed E-state index contributed by atoms with van der Waals surface area (Å²) in [6, 6.07) is 6.19. The maximum atomic E-state index is 11.4. The lowest BCUT2D eigenvalue weighted by molar-refractivity contribution is -0.113. The van der Waals surface area contributed by atoms with Crippen molar-refractivity contribution in [2.24, 2.45) is 5.73 Å². The second-order valence-corrected chi connectivity index (χ2v) is 6.39. The number of rotatable bonds is 3. The second-order valence-electron chi connectivity index (χ2n) is 5.27. The van der Waals surface area contributed by atoms with Gasteiger partial charge in [0.25, 0.3) is 5.91 Å². The molecule has 21 heavy (non-hydrogen) atoms. The quantitative estimate of drug-likeness (QED) is 0.928. The van der Waals surface area contributed by atoms with Crippen molar-refractivity contribution in [3.8, 4) is 11.5 Å². The molecule has 3 rings (SSSR count). The first-order chi connectivity index (χ1) is 10.1. The van der Waals surface area contributed by atoms with Crippen LogP contribution in [0.5, 0.6) is 11.5 Å². The summed E-state index contributed by atoms with van der Waals surface area (Å²) in [4.78, 5) is 14.2. The van der Waals surface area contributed by atoms with Crippen molar-refractivity contribution >= 4 is 17.7 Å². The minimum absolute atomic E-state index is 0.0309. The van der Waals surface area contributed by atoms with Crippen LogP contribution in [0.25, 0.3) is 0 Å². The molecule has 0 spiro atoms. The Morgan fingerprint density at radius 3 is 2.71 bits per heavy atom. The van der Waals surface area contributed by atoms with Gasteiger partial charge in [-0.2, -0.15) is 0 Å². The third-order valence-corrected chi connectivity index (χ3v) is 4.77. The molecule has 2 aliphatic rings. The van der Waals surface area contributed by atoms with E-state index in [1.165, 1.54) is 11.8 Å². The Morgan fingerprint density at radius 1 is 1.33 bits per heavy atom. The maximum Gasteiger partial charge on any atom is 0.256 e. The largest absolute Gasteiger partial charge is 0.486 e. The molecule has 1 unspecified atom stereocenters. The molecule has 1 atom stereocenters. The number of nitrogens with zero attached hydrogens (tertiary/aromatic N) is 1. The van der Waals surface area contributed by atoms with Crippen LogP contribution in [0, 0.1) is 0 Å². The highest BCUT2D eigenvalue weighted by molar-refractivity contribution is 8.04. The molecule has 2 N–H and O–H groups in total. The minimum Gasteiger partial charge on any atom is -0.486 e. The molecule has 1 amide bonds.